The number of hydrogen-bond acceptors (Lipinski definition) is 2. The molecule has 2 atom stereocenters. The molecule has 82 valence electrons. The van der Waals surface area contributed by atoms with Crippen LogP contribution < -0.4 is 5.32 Å². The van der Waals surface area contributed by atoms with E-state index in [1.165, 1.54) is 12.8 Å². The second-order valence-electron chi connectivity index (χ2n) is 4.58. The van der Waals surface area contributed by atoms with E-state index in [2.05, 4.69) is 38.0 Å². The summed E-state index contributed by atoms with van der Waals surface area (Å²) in [6.07, 6.45) is 2.43. The first-order valence-electron chi connectivity index (χ1n) is 5.55. The summed E-state index contributed by atoms with van der Waals surface area (Å²) in [4.78, 5) is 4.59. The van der Waals surface area contributed by atoms with Crippen molar-refractivity contribution in [2.24, 2.45) is 10.9 Å². The Kier molecular flexibility index (Phi) is 4.79. The first-order valence-corrected chi connectivity index (χ1v) is 6.43. The summed E-state index contributed by atoms with van der Waals surface area (Å²) >= 11 is 1.88. The van der Waals surface area contributed by atoms with Crippen LogP contribution in [0.3, 0.4) is 0 Å². The summed E-state index contributed by atoms with van der Waals surface area (Å²) < 4.78 is 0. The quantitative estimate of drug-likeness (QED) is 0.781. The largest absolute Gasteiger partial charge is 0.362 e. The zero-order chi connectivity index (χ0) is 10.6. The maximum Gasteiger partial charge on any atom is 0.157 e. The molecule has 0 spiro atoms. The number of hydrogen-bond donors (Lipinski definition) is 1. The molecule has 0 bridgehead atoms. The standard InChI is InChI=1S/C11H22N2S/c1-8(2)5-6-12-11-13-9(3)7-10(4)14-11/h8-10H,5-7H2,1-4H3,(H,12,13). The smallest absolute Gasteiger partial charge is 0.157 e. The van der Waals surface area contributed by atoms with E-state index in [-0.39, 0.29) is 0 Å². The molecule has 1 N–H and O–H groups in total. The topological polar surface area (TPSA) is 24.4 Å². The molecule has 1 aliphatic heterocycles. The number of aliphatic imine (C=N–C) groups is 1. The molecule has 3 heteroatoms. The highest BCUT2D eigenvalue weighted by Crippen LogP contribution is 2.22. The number of rotatable bonds is 3. The molecule has 2 unspecified atom stereocenters. The van der Waals surface area contributed by atoms with Crippen molar-refractivity contribution in [2.45, 2.75) is 51.8 Å². The first kappa shape index (κ1) is 11.9. The van der Waals surface area contributed by atoms with Gasteiger partial charge in [-0.05, 0) is 25.7 Å². The fraction of sp³-hybridized carbons (Fsp3) is 0.909. The van der Waals surface area contributed by atoms with Gasteiger partial charge in [0.25, 0.3) is 0 Å². The van der Waals surface area contributed by atoms with E-state index in [1.54, 1.807) is 0 Å². The Morgan fingerprint density at radius 3 is 2.79 bits per heavy atom. The van der Waals surface area contributed by atoms with Crippen molar-refractivity contribution >= 4 is 16.9 Å². The molecular formula is C11H22N2S. The Morgan fingerprint density at radius 1 is 1.50 bits per heavy atom. The molecular weight excluding hydrogens is 192 g/mol. The fourth-order valence-corrected chi connectivity index (χ4v) is 2.75. The minimum absolute atomic E-state index is 0.587. The van der Waals surface area contributed by atoms with Crippen LogP contribution in [0, 0.1) is 5.92 Å². The summed E-state index contributed by atoms with van der Waals surface area (Å²) in [5.74, 6) is 0.753. The average molecular weight is 214 g/mol. The van der Waals surface area contributed by atoms with Gasteiger partial charge in [-0.25, -0.2) is 0 Å². The Hall–Kier alpha value is -0.180. The molecule has 0 radical (unpaired) electrons. The maximum atomic E-state index is 4.59. The average Bonchev–Trinajstić information content (AvgIpc) is 2.01. The van der Waals surface area contributed by atoms with Crippen LogP contribution in [0.2, 0.25) is 0 Å². The molecule has 1 saturated heterocycles. The second-order valence-corrected chi connectivity index (χ2v) is 6.01. The molecule has 2 nitrogen and oxygen atoms in total. The van der Waals surface area contributed by atoms with Crippen LogP contribution in [0.15, 0.2) is 4.99 Å². The van der Waals surface area contributed by atoms with E-state index < -0.39 is 0 Å². The predicted octanol–water partition coefficient (Wildman–Crippen LogP) is 2.89. The lowest BCUT2D eigenvalue weighted by Gasteiger charge is -2.26. The van der Waals surface area contributed by atoms with Crippen LogP contribution in [0.1, 0.15) is 40.5 Å². The van der Waals surface area contributed by atoms with Crippen LogP contribution >= 0.6 is 11.8 Å². The zero-order valence-electron chi connectivity index (χ0n) is 9.71. The minimum Gasteiger partial charge on any atom is -0.362 e. The first-order chi connectivity index (χ1) is 6.58. The van der Waals surface area contributed by atoms with Crippen LogP contribution in [0.5, 0.6) is 0 Å². The van der Waals surface area contributed by atoms with Gasteiger partial charge in [0.2, 0.25) is 0 Å². The van der Waals surface area contributed by atoms with Crippen LogP contribution in [-0.4, -0.2) is 23.0 Å². The van der Waals surface area contributed by atoms with Gasteiger partial charge in [-0.2, -0.15) is 0 Å². The van der Waals surface area contributed by atoms with Gasteiger partial charge in [0.1, 0.15) is 0 Å². The van der Waals surface area contributed by atoms with E-state index in [1.807, 2.05) is 11.8 Å². The molecule has 1 rings (SSSR count). The molecule has 0 aliphatic carbocycles. The van der Waals surface area contributed by atoms with E-state index in [9.17, 15) is 0 Å². The van der Waals surface area contributed by atoms with Crippen LogP contribution in [0.25, 0.3) is 0 Å². The third kappa shape index (κ3) is 4.36. The molecule has 0 saturated carbocycles. The van der Waals surface area contributed by atoms with Crippen molar-refractivity contribution in [3.8, 4) is 0 Å². The summed E-state index contributed by atoms with van der Waals surface area (Å²) in [6, 6.07) is 0.587. The molecule has 1 fully saturated rings. The van der Waals surface area contributed by atoms with Gasteiger partial charge in [-0.1, -0.05) is 32.5 Å². The highest BCUT2D eigenvalue weighted by Gasteiger charge is 2.19. The Bertz CT molecular complexity index is 189. The molecule has 1 aliphatic rings. The summed E-state index contributed by atoms with van der Waals surface area (Å²) in [7, 11) is 0. The van der Waals surface area contributed by atoms with Gasteiger partial charge in [0, 0.05) is 17.8 Å². The van der Waals surface area contributed by atoms with Gasteiger partial charge in [0.15, 0.2) is 5.17 Å². The summed E-state index contributed by atoms with van der Waals surface area (Å²) in [5, 5.41) is 5.30. The van der Waals surface area contributed by atoms with Gasteiger partial charge in [0.05, 0.1) is 0 Å². The van der Waals surface area contributed by atoms with Crippen molar-refractivity contribution in [1.29, 1.82) is 0 Å². The van der Waals surface area contributed by atoms with Crippen molar-refractivity contribution < 1.29 is 0 Å². The van der Waals surface area contributed by atoms with Gasteiger partial charge < -0.3 is 5.32 Å². The lowest BCUT2D eigenvalue weighted by Crippen LogP contribution is -2.38. The number of nitrogens with zero attached hydrogens (tertiary/aromatic N) is 1. The van der Waals surface area contributed by atoms with Crippen LogP contribution in [0.4, 0.5) is 0 Å². The van der Waals surface area contributed by atoms with E-state index in [0.29, 0.717) is 11.3 Å². The number of thioether (sulfide) groups is 1. The predicted molar refractivity (Wildman–Crippen MR) is 66.0 cm³/mol. The zero-order valence-corrected chi connectivity index (χ0v) is 10.5. The maximum absolute atomic E-state index is 4.59. The molecule has 1 heterocycles. The molecule has 0 aromatic carbocycles. The van der Waals surface area contributed by atoms with E-state index in [0.717, 1.165) is 17.6 Å². The molecule has 14 heavy (non-hydrogen) atoms. The molecule has 0 aromatic heterocycles. The highest BCUT2D eigenvalue weighted by molar-refractivity contribution is 8.14. The monoisotopic (exact) mass is 214 g/mol. The third-order valence-corrected chi connectivity index (χ3v) is 3.40. The fourth-order valence-electron chi connectivity index (χ4n) is 1.55. The van der Waals surface area contributed by atoms with Crippen molar-refractivity contribution in [3.63, 3.8) is 0 Å². The summed E-state index contributed by atoms with van der Waals surface area (Å²) in [6.45, 7) is 9.96. The molecule has 0 aromatic rings. The van der Waals surface area contributed by atoms with Crippen molar-refractivity contribution in [2.75, 3.05) is 6.54 Å². The number of amidine groups is 1. The highest BCUT2D eigenvalue weighted by atomic mass is 32.2. The Morgan fingerprint density at radius 2 is 2.21 bits per heavy atom. The lowest BCUT2D eigenvalue weighted by atomic mass is 10.1. The summed E-state index contributed by atoms with van der Waals surface area (Å²) in [5.41, 5.74) is 0. The minimum atomic E-state index is 0.587. The SMILES string of the molecule is CC(C)CCN=C1NC(C)CC(C)S1. The lowest BCUT2D eigenvalue weighted by molar-refractivity contribution is 0.583. The van der Waals surface area contributed by atoms with Crippen molar-refractivity contribution in [1.82, 2.24) is 5.32 Å². The van der Waals surface area contributed by atoms with Gasteiger partial charge >= 0.3 is 0 Å². The third-order valence-electron chi connectivity index (χ3n) is 2.33. The van der Waals surface area contributed by atoms with E-state index >= 15 is 0 Å². The van der Waals surface area contributed by atoms with Gasteiger partial charge in [-0.3, -0.25) is 4.99 Å². The normalized spacial score (nSPS) is 30.8. The van der Waals surface area contributed by atoms with Crippen molar-refractivity contribution in [3.05, 3.63) is 0 Å². The van der Waals surface area contributed by atoms with Crippen LogP contribution in [-0.2, 0) is 0 Å². The molecule has 0 amide bonds. The number of nitrogens with one attached hydrogen (secondary N) is 1. The Balaban J connectivity index is 2.35. The van der Waals surface area contributed by atoms with Gasteiger partial charge in [-0.15, -0.1) is 0 Å². The second kappa shape index (κ2) is 5.64. The Labute approximate surface area is 92.0 Å². The van der Waals surface area contributed by atoms with E-state index in [4.69, 9.17) is 0 Å².